The van der Waals surface area contributed by atoms with Crippen molar-refractivity contribution in [3.63, 3.8) is 0 Å². The normalized spacial score (nSPS) is 17.5. The zero-order valence-electron chi connectivity index (χ0n) is 23.1. The predicted molar refractivity (Wildman–Crippen MR) is 151 cm³/mol. The second-order valence-corrected chi connectivity index (χ2v) is 10.3. The minimum atomic E-state index is 0.0517. The maximum absolute atomic E-state index is 12.2. The molecule has 0 radical (unpaired) electrons. The Morgan fingerprint density at radius 1 is 0.944 bits per heavy atom. The molecule has 204 valence electrons. The van der Waals surface area contributed by atoms with Crippen molar-refractivity contribution in [3.8, 4) is 11.5 Å². The molecule has 3 N–H and O–H groups in total. The van der Waals surface area contributed by atoms with E-state index in [1.165, 1.54) is 70.6 Å². The number of allylic oxidation sites excluding steroid dienone is 2. The Balaban J connectivity index is 1.48. The zero-order valence-corrected chi connectivity index (χ0v) is 23.1. The van der Waals surface area contributed by atoms with Gasteiger partial charge in [-0.05, 0) is 69.1 Å². The van der Waals surface area contributed by atoms with Crippen molar-refractivity contribution in [2.45, 2.75) is 135 Å². The molecule has 5 heteroatoms. The van der Waals surface area contributed by atoms with Crippen LogP contribution in [0.15, 0.2) is 30.4 Å². The molecule has 0 spiro atoms. The monoisotopic (exact) mass is 500 g/mol. The number of hydrogen-bond acceptors (Lipinski definition) is 4. The van der Waals surface area contributed by atoms with E-state index in [2.05, 4.69) is 24.4 Å². The van der Waals surface area contributed by atoms with Crippen LogP contribution in [0, 0.1) is 0 Å². The molecule has 1 aliphatic carbocycles. The van der Waals surface area contributed by atoms with E-state index in [9.17, 15) is 4.79 Å². The molecular weight excluding hydrogens is 448 g/mol. The van der Waals surface area contributed by atoms with E-state index in [1.807, 2.05) is 18.2 Å². The highest BCUT2D eigenvalue weighted by Gasteiger charge is 2.26. The summed E-state index contributed by atoms with van der Waals surface area (Å²) in [4.78, 5) is 12.2. The Labute approximate surface area is 220 Å². The van der Waals surface area contributed by atoms with E-state index in [-0.39, 0.29) is 18.1 Å². The molecule has 1 aromatic rings. The Kier molecular flexibility index (Phi) is 16.1. The van der Waals surface area contributed by atoms with Crippen LogP contribution in [0.3, 0.4) is 0 Å². The number of rotatable bonds is 20. The van der Waals surface area contributed by atoms with Crippen LogP contribution in [-0.4, -0.2) is 25.2 Å². The van der Waals surface area contributed by atoms with E-state index in [1.54, 1.807) is 7.11 Å². The topological polar surface area (TPSA) is 73.6 Å². The number of unbranched alkanes of at least 4 members (excludes halogenated alkanes) is 11. The third kappa shape index (κ3) is 12.8. The average Bonchev–Trinajstić information content (AvgIpc) is 3.29. The van der Waals surface area contributed by atoms with Crippen molar-refractivity contribution in [1.82, 2.24) is 5.32 Å². The second kappa shape index (κ2) is 19.1. The summed E-state index contributed by atoms with van der Waals surface area (Å²) in [5.74, 6) is 1.53. The van der Waals surface area contributed by atoms with Gasteiger partial charge in [0.15, 0.2) is 11.5 Å². The number of benzene rings is 1. The number of ether oxygens (including phenoxy) is 2. The molecule has 2 atom stereocenters. The Morgan fingerprint density at radius 2 is 1.61 bits per heavy atom. The molecule has 5 nitrogen and oxygen atoms in total. The van der Waals surface area contributed by atoms with Gasteiger partial charge >= 0.3 is 0 Å². The molecule has 2 unspecified atom stereocenters. The van der Waals surface area contributed by atoms with Crippen LogP contribution in [0.5, 0.6) is 11.5 Å². The van der Waals surface area contributed by atoms with Crippen molar-refractivity contribution in [1.29, 1.82) is 0 Å². The molecule has 1 amide bonds. The van der Waals surface area contributed by atoms with Gasteiger partial charge in [0.2, 0.25) is 5.91 Å². The standard InChI is InChI=1S/C31H52N2O3/c1-3-4-5-6-7-8-9-10-11-12-13-14-15-16-17-21-31(34)33-25-26-22-23-29(30(24-26)35-2)36-28-20-18-19-27(28)32/h10-11,22-24,27-28H,3-9,12-21,25,32H2,1-2H3,(H,33,34)/b11-10-. The lowest BCUT2D eigenvalue weighted by Gasteiger charge is -2.20. The largest absolute Gasteiger partial charge is 0.493 e. The quantitative estimate of drug-likeness (QED) is 0.143. The lowest BCUT2D eigenvalue weighted by molar-refractivity contribution is -0.121. The molecule has 0 bridgehead atoms. The highest BCUT2D eigenvalue weighted by atomic mass is 16.5. The molecule has 0 aliphatic heterocycles. The van der Waals surface area contributed by atoms with Gasteiger partial charge in [-0.3, -0.25) is 4.79 Å². The number of nitrogens with one attached hydrogen (secondary N) is 1. The molecule has 36 heavy (non-hydrogen) atoms. The fourth-order valence-corrected chi connectivity index (χ4v) is 4.83. The summed E-state index contributed by atoms with van der Waals surface area (Å²) in [5, 5.41) is 3.04. The summed E-state index contributed by atoms with van der Waals surface area (Å²) in [6.07, 6.45) is 24.9. The maximum atomic E-state index is 12.2. The summed E-state index contributed by atoms with van der Waals surface area (Å²) < 4.78 is 11.6. The second-order valence-electron chi connectivity index (χ2n) is 10.3. The lowest BCUT2D eigenvalue weighted by Crippen LogP contribution is -2.33. The van der Waals surface area contributed by atoms with Crippen LogP contribution in [0.2, 0.25) is 0 Å². The smallest absolute Gasteiger partial charge is 0.220 e. The first-order valence-electron chi connectivity index (χ1n) is 14.6. The molecule has 1 aliphatic rings. The van der Waals surface area contributed by atoms with E-state index in [0.29, 0.717) is 18.7 Å². The first-order valence-corrected chi connectivity index (χ1v) is 14.6. The summed E-state index contributed by atoms with van der Waals surface area (Å²) in [5.41, 5.74) is 7.14. The van der Waals surface area contributed by atoms with Gasteiger partial charge in [-0.1, -0.05) is 76.5 Å². The summed E-state index contributed by atoms with van der Waals surface area (Å²) in [7, 11) is 1.64. The number of methoxy groups -OCH3 is 1. The van der Waals surface area contributed by atoms with E-state index in [4.69, 9.17) is 15.2 Å². The number of carbonyl (C=O) groups excluding carboxylic acids is 1. The maximum Gasteiger partial charge on any atom is 0.220 e. The van der Waals surface area contributed by atoms with Crippen molar-refractivity contribution >= 4 is 5.91 Å². The molecule has 0 saturated heterocycles. The van der Waals surface area contributed by atoms with Gasteiger partial charge in [0.05, 0.1) is 7.11 Å². The third-order valence-electron chi connectivity index (χ3n) is 7.17. The van der Waals surface area contributed by atoms with Gasteiger partial charge in [-0.2, -0.15) is 0 Å². The van der Waals surface area contributed by atoms with E-state index >= 15 is 0 Å². The highest BCUT2D eigenvalue weighted by molar-refractivity contribution is 5.75. The van der Waals surface area contributed by atoms with Crippen LogP contribution in [0.1, 0.15) is 122 Å². The molecule has 1 fully saturated rings. The summed E-state index contributed by atoms with van der Waals surface area (Å²) in [6, 6.07) is 5.94. The molecule has 1 saturated carbocycles. The minimum absolute atomic E-state index is 0.0517. The van der Waals surface area contributed by atoms with Crippen LogP contribution in [0.25, 0.3) is 0 Å². The first-order chi connectivity index (χ1) is 17.6. The zero-order chi connectivity index (χ0) is 25.8. The van der Waals surface area contributed by atoms with Gasteiger partial charge < -0.3 is 20.5 Å². The van der Waals surface area contributed by atoms with Crippen molar-refractivity contribution in [3.05, 3.63) is 35.9 Å². The molecular formula is C31H52N2O3. The van der Waals surface area contributed by atoms with Gasteiger partial charge in [0, 0.05) is 19.0 Å². The SMILES string of the molecule is CCCCCCCC/C=C\CCCCCCCC(=O)NCc1ccc(OC2CCCC2N)c(OC)c1. The Morgan fingerprint density at radius 3 is 2.25 bits per heavy atom. The van der Waals surface area contributed by atoms with E-state index in [0.717, 1.165) is 43.4 Å². The van der Waals surface area contributed by atoms with Gasteiger partial charge in [-0.15, -0.1) is 0 Å². The van der Waals surface area contributed by atoms with Crippen LogP contribution >= 0.6 is 0 Å². The number of hydrogen-bond donors (Lipinski definition) is 2. The highest BCUT2D eigenvalue weighted by Crippen LogP contribution is 2.32. The van der Waals surface area contributed by atoms with E-state index < -0.39 is 0 Å². The fraction of sp³-hybridized carbons (Fsp3) is 0.710. The summed E-state index contributed by atoms with van der Waals surface area (Å²) >= 11 is 0. The third-order valence-corrected chi connectivity index (χ3v) is 7.17. The lowest BCUT2D eigenvalue weighted by atomic mass is 10.1. The Hall–Kier alpha value is -2.01. The van der Waals surface area contributed by atoms with Crippen molar-refractivity contribution in [2.75, 3.05) is 7.11 Å². The number of nitrogens with two attached hydrogens (primary N) is 1. The van der Waals surface area contributed by atoms with Gasteiger partial charge in [0.25, 0.3) is 0 Å². The first kappa shape index (κ1) is 30.2. The van der Waals surface area contributed by atoms with Gasteiger partial charge in [-0.25, -0.2) is 0 Å². The molecule has 0 heterocycles. The average molecular weight is 501 g/mol. The van der Waals surface area contributed by atoms with Crippen LogP contribution in [-0.2, 0) is 11.3 Å². The van der Waals surface area contributed by atoms with Gasteiger partial charge in [0.1, 0.15) is 6.10 Å². The van der Waals surface area contributed by atoms with Crippen molar-refractivity contribution in [2.24, 2.45) is 5.73 Å². The minimum Gasteiger partial charge on any atom is -0.493 e. The van der Waals surface area contributed by atoms with Crippen LogP contribution < -0.4 is 20.5 Å². The Bertz CT molecular complexity index is 749. The number of carbonyl (C=O) groups is 1. The molecule has 0 aromatic heterocycles. The summed E-state index contributed by atoms with van der Waals surface area (Å²) in [6.45, 7) is 2.77. The molecule has 1 aromatic carbocycles. The number of amides is 1. The van der Waals surface area contributed by atoms with Crippen LogP contribution in [0.4, 0.5) is 0 Å². The predicted octanol–water partition coefficient (Wildman–Crippen LogP) is 7.61. The molecule has 2 rings (SSSR count). The fourth-order valence-electron chi connectivity index (χ4n) is 4.83. The van der Waals surface area contributed by atoms with Crippen molar-refractivity contribution < 1.29 is 14.3 Å².